The van der Waals surface area contributed by atoms with Gasteiger partial charge in [-0.05, 0) is 24.1 Å². The second-order valence-electron chi connectivity index (χ2n) is 3.94. The molecule has 0 aliphatic rings. The lowest BCUT2D eigenvalue weighted by Gasteiger charge is -2.06. The van der Waals surface area contributed by atoms with E-state index in [-0.39, 0.29) is 24.6 Å². The van der Waals surface area contributed by atoms with Crippen molar-refractivity contribution in [2.45, 2.75) is 26.3 Å². The summed E-state index contributed by atoms with van der Waals surface area (Å²) >= 11 is 0. The van der Waals surface area contributed by atoms with Crippen molar-refractivity contribution in [3.63, 3.8) is 0 Å². The van der Waals surface area contributed by atoms with Gasteiger partial charge in [-0.2, -0.15) is 0 Å². The molecule has 0 saturated carbocycles. The molecule has 0 heterocycles. The molecule has 18 heavy (non-hydrogen) atoms. The van der Waals surface area contributed by atoms with Gasteiger partial charge in [0.1, 0.15) is 5.82 Å². The first kappa shape index (κ1) is 14.2. The Morgan fingerprint density at radius 1 is 1.33 bits per heavy atom. The maximum Gasteiger partial charge on any atom is 0.306 e. The predicted molar refractivity (Wildman–Crippen MR) is 64.2 cm³/mol. The number of esters is 1. The second-order valence-corrected chi connectivity index (χ2v) is 3.94. The first-order chi connectivity index (χ1) is 8.52. The molecule has 1 aromatic rings. The zero-order valence-electron chi connectivity index (χ0n) is 10.5. The summed E-state index contributed by atoms with van der Waals surface area (Å²) < 4.78 is 17.4. The first-order valence-electron chi connectivity index (χ1n) is 5.61. The van der Waals surface area contributed by atoms with E-state index in [1.54, 1.807) is 19.1 Å². The molecule has 1 rings (SSSR count). The van der Waals surface area contributed by atoms with E-state index in [0.717, 1.165) is 5.56 Å². The minimum Gasteiger partial charge on any atom is -0.469 e. The van der Waals surface area contributed by atoms with Crippen molar-refractivity contribution in [1.29, 1.82) is 0 Å². The molecule has 0 bridgehead atoms. The number of rotatable bonds is 5. The van der Waals surface area contributed by atoms with E-state index in [4.69, 9.17) is 0 Å². The summed E-state index contributed by atoms with van der Waals surface area (Å²) in [5, 5.41) is 2.66. The van der Waals surface area contributed by atoms with Crippen LogP contribution in [0.1, 0.15) is 24.0 Å². The number of hydrogen-bond acceptors (Lipinski definition) is 3. The highest BCUT2D eigenvalue weighted by molar-refractivity contribution is 5.81. The monoisotopic (exact) mass is 253 g/mol. The SMILES string of the molecule is COC(=O)CCC(=O)NCc1ccc(F)c(C)c1. The van der Waals surface area contributed by atoms with Crippen LogP contribution in [0.2, 0.25) is 0 Å². The third-order valence-electron chi connectivity index (χ3n) is 2.50. The van der Waals surface area contributed by atoms with Gasteiger partial charge in [-0.1, -0.05) is 12.1 Å². The van der Waals surface area contributed by atoms with Gasteiger partial charge in [-0.3, -0.25) is 9.59 Å². The number of nitrogens with one attached hydrogen (secondary N) is 1. The Bertz CT molecular complexity index is 446. The minimum absolute atomic E-state index is 0.0603. The molecule has 1 N–H and O–H groups in total. The van der Waals surface area contributed by atoms with E-state index in [1.165, 1.54) is 13.2 Å². The van der Waals surface area contributed by atoms with Crippen LogP contribution in [0.15, 0.2) is 18.2 Å². The van der Waals surface area contributed by atoms with E-state index in [0.29, 0.717) is 12.1 Å². The average molecular weight is 253 g/mol. The van der Waals surface area contributed by atoms with Gasteiger partial charge in [0.2, 0.25) is 5.91 Å². The van der Waals surface area contributed by atoms with E-state index in [2.05, 4.69) is 10.1 Å². The molecule has 4 nitrogen and oxygen atoms in total. The smallest absolute Gasteiger partial charge is 0.306 e. The van der Waals surface area contributed by atoms with Crippen LogP contribution in [-0.4, -0.2) is 19.0 Å². The number of benzene rings is 1. The van der Waals surface area contributed by atoms with E-state index in [9.17, 15) is 14.0 Å². The minimum atomic E-state index is -0.414. The summed E-state index contributed by atoms with van der Waals surface area (Å²) in [5.74, 6) is -0.916. The van der Waals surface area contributed by atoms with E-state index in [1.807, 2.05) is 0 Å². The van der Waals surface area contributed by atoms with Gasteiger partial charge in [-0.15, -0.1) is 0 Å². The topological polar surface area (TPSA) is 55.4 Å². The molecule has 98 valence electrons. The summed E-state index contributed by atoms with van der Waals surface area (Å²) in [6.07, 6.45) is 0.150. The van der Waals surface area contributed by atoms with E-state index >= 15 is 0 Å². The van der Waals surface area contributed by atoms with E-state index < -0.39 is 5.97 Å². The molecule has 0 atom stereocenters. The van der Waals surface area contributed by atoms with Crippen LogP contribution in [0.5, 0.6) is 0 Å². The number of aryl methyl sites for hydroxylation is 1. The lowest BCUT2D eigenvalue weighted by atomic mass is 10.1. The van der Waals surface area contributed by atoms with Crippen LogP contribution in [0, 0.1) is 12.7 Å². The molecule has 1 amide bonds. The Morgan fingerprint density at radius 3 is 2.67 bits per heavy atom. The normalized spacial score (nSPS) is 9.94. The van der Waals surface area contributed by atoms with Crippen LogP contribution in [0.3, 0.4) is 0 Å². The van der Waals surface area contributed by atoms with Crippen LogP contribution < -0.4 is 5.32 Å². The van der Waals surface area contributed by atoms with Gasteiger partial charge >= 0.3 is 5.97 Å². The Labute approximate surface area is 105 Å². The highest BCUT2D eigenvalue weighted by Gasteiger charge is 2.06. The zero-order chi connectivity index (χ0) is 13.5. The second kappa shape index (κ2) is 6.74. The van der Waals surface area contributed by atoms with Gasteiger partial charge in [0.05, 0.1) is 13.5 Å². The molecule has 0 aliphatic carbocycles. The van der Waals surface area contributed by atoms with Gasteiger partial charge in [-0.25, -0.2) is 4.39 Å². The summed E-state index contributed by atoms with van der Waals surface area (Å²) in [5.41, 5.74) is 1.36. The summed E-state index contributed by atoms with van der Waals surface area (Å²) in [4.78, 5) is 22.2. The van der Waals surface area contributed by atoms with Gasteiger partial charge in [0.25, 0.3) is 0 Å². The number of amides is 1. The molecule has 0 aromatic heterocycles. The number of carbonyl (C=O) groups excluding carboxylic acids is 2. The summed E-state index contributed by atoms with van der Waals surface area (Å²) in [6, 6.07) is 4.66. The molecular weight excluding hydrogens is 237 g/mol. The van der Waals surface area contributed by atoms with Crippen molar-refractivity contribution in [1.82, 2.24) is 5.32 Å². The largest absolute Gasteiger partial charge is 0.469 e. The van der Waals surface area contributed by atoms with Crippen molar-refractivity contribution in [2.75, 3.05) is 7.11 Å². The number of carbonyl (C=O) groups is 2. The number of methoxy groups -OCH3 is 1. The maximum absolute atomic E-state index is 13.0. The number of ether oxygens (including phenoxy) is 1. The molecule has 1 aromatic carbocycles. The fraction of sp³-hybridized carbons (Fsp3) is 0.385. The van der Waals surface area contributed by atoms with Crippen molar-refractivity contribution < 1.29 is 18.7 Å². The Balaban J connectivity index is 2.38. The molecule has 0 fully saturated rings. The van der Waals surface area contributed by atoms with Gasteiger partial charge < -0.3 is 10.1 Å². The molecule has 0 unspecified atom stereocenters. The Kier molecular flexibility index (Phi) is 5.30. The maximum atomic E-state index is 13.0. The van der Waals surface area contributed by atoms with Crippen molar-refractivity contribution in [3.8, 4) is 0 Å². The quantitative estimate of drug-likeness (QED) is 0.813. The highest BCUT2D eigenvalue weighted by Crippen LogP contribution is 2.08. The molecule has 5 heteroatoms. The third-order valence-corrected chi connectivity index (χ3v) is 2.50. The Hall–Kier alpha value is -1.91. The van der Waals surface area contributed by atoms with Crippen molar-refractivity contribution in [2.24, 2.45) is 0 Å². The molecule has 0 spiro atoms. The predicted octanol–water partition coefficient (Wildman–Crippen LogP) is 1.70. The summed E-state index contributed by atoms with van der Waals surface area (Å²) in [6.45, 7) is 1.99. The molecular formula is C13H16FNO3. The highest BCUT2D eigenvalue weighted by atomic mass is 19.1. The Morgan fingerprint density at radius 2 is 2.06 bits per heavy atom. The molecule has 0 saturated heterocycles. The summed E-state index contributed by atoms with van der Waals surface area (Å²) in [7, 11) is 1.28. The lowest BCUT2D eigenvalue weighted by Crippen LogP contribution is -2.23. The lowest BCUT2D eigenvalue weighted by molar-refractivity contribution is -0.142. The standard InChI is InChI=1S/C13H16FNO3/c1-9-7-10(3-4-11(9)14)8-15-12(16)5-6-13(17)18-2/h3-4,7H,5-6,8H2,1-2H3,(H,15,16). The van der Waals surface area contributed by atoms with Crippen LogP contribution >= 0.6 is 0 Å². The first-order valence-corrected chi connectivity index (χ1v) is 5.61. The number of hydrogen-bond donors (Lipinski definition) is 1. The van der Waals surface area contributed by atoms with Crippen molar-refractivity contribution >= 4 is 11.9 Å². The fourth-order valence-electron chi connectivity index (χ4n) is 1.42. The van der Waals surface area contributed by atoms with Crippen LogP contribution in [0.4, 0.5) is 4.39 Å². The zero-order valence-corrected chi connectivity index (χ0v) is 10.5. The van der Waals surface area contributed by atoms with Crippen molar-refractivity contribution in [3.05, 3.63) is 35.1 Å². The fourth-order valence-corrected chi connectivity index (χ4v) is 1.42. The molecule has 0 radical (unpaired) electrons. The van der Waals surface area contributed by atoms with Crippen LogP contribution in [-0.2, 0) is 20.9 Å². The number of halogens is 1. The molecule has 0 aliphatic heterocycles. The van der Waals surface area contributed by atoms with Crippen LogP contribution in [0.25, 0.3) is 0 Å². The van der Waals surface area contributed by atoms with Gasteiger partial charge in [0, 0.05) is 13.0 Å². The average Bonchev–Trinajstić information content (AvgIpc) is 2.37. The van der Waals surface area contributed by atoms with Gasteiger partial charge in [0.15, 0.2) is 0 Å². The third kappa shape index (κ3) is 4.53.